The molecule has 0 saturated carbocycles. The molecule has 3 aromatic carbocycles. The predicted molar refractivity (Wildman–Crippen MR) is 125 cm³/mol. The SMILES string of the molecule is O=C(Nc1nnc(NCC(c2ccccc2)c2ccccc2)s1)c1ccc(Br)cc1. The first-order valence-corrected chi connectivity index (χ1v) is 11.0. The summed E-state index contributed by atoms with van der Waals surface area (Å²) < 4.78 is 0.924. The zero-order valence-corrected chi connectivity index (χ0v) is 18.4. The van der Waals surface area contributed by atoms with E-state index in [-0.39, 0.29) is 11.8 Å². The zero-order valence-electron chi connectivity index (χ0n) is 16.0. The van der Waals surface area contributed by atoms with Gasteiger partial charge in [-0.05, 0) is 35.4 Å². The highest BCUT2D eigenvalue weighted by Gasteiger charge is 2.15. The first kappa shape index (κ1) is 20.3. The van der Waals surface area contributed by atoms with E-state index in [1.165, 1.54) is 22.5 Å². The van der Waals surface area contributed by atoms with Crippen LogP contribution in [0.2, 0.25) is 0 Å². The molecule has 30 heavy (non-hydrogen) atoms. The molecule has 0 aliphatic heterocycles. The summed E-state index contributed by atoms with van der Waals surface area (Å²) in [5.41, 5.74) is 3.02. The van der Waals surface area contributed by atoms with Crippen LogP contribution < -0.4 is 10.6 Å². The number of hydrogen-bond acceptors (Lipinski definition) is 5. The van der Waals surface area contributed by atoms with E-state index in [4.69, 9.17) is 0 Å². The average Bonchev–Trinajstić information content (AvgIpc) is 3.23. The van der Waals surface area contributed by atoms with Gasteiger partial charge in [0.25, 0.3) is 5.91 Å². The van der Waals surface area contributed by atoms with Gasteiger partial charge in [-0.25, -0.2) is 0 Å². The Labute approximate surface area is 187 Å². The van der Waals surface area contributed by atoms with Crippen LogP contribution in [0.3, 0.4) is 0 Å². The lowest BCUT2D eigenvalue weighted by atomic mass is 9.91. The minimum absolute atomic E-state index is 0.178. The Morgan fingerprint density at radius 3 is 2.00 bits per heavy atom. The van der Waals surface area contributed by atoms with Crippen molar-refractivity contribution < 1.29 is 4.79 Å². The van der Waals surface area contributed by atoms with Crippen LogP contribution in [-0.4, -0.2) is 22.6 Å². The van der Waals surface area contributed by atoms with E-state index in [1.807, 2.05) is 48.5 Å². The maximum atomic E-state index is 12.4. The molecule has 0 spiro atoms. The average molecular weight is 479 g/mol. The Balaban J connectivity index is 1.43. The van der Waals surface area contributed by atoms with Crippen molar-refractivity contribution in [1.82, 2.24) is 10.2 Å². The number of anilines is 2. The number of aromatic nitrogens is 2. The van der Waals surface area contributed by atoms with Crippen molar-refractivity contribution in [3.8, 4) is 0 Å². The van der Waals surface area contributed by atoms with Crippen molar-refractivity contribution in [2.24, 2.45) is 0 Å². The highest BCUT2D eigenvalue weighted by molar-refractivity contribution is 9.10. The third-order valence-electron chi connectivity index (χ3n) is 4.61. The number of hydrogen-bond donors (Lipinski definition) is 2. The normalized spacial score (nSPS) is 10.7. The second-order valence-electron chi connectivity index (χ2n) is 6.63. The summed E-state index contributed by atoms with van der Waals surface area (Å²) in [5, 5.41) is 15.6. The molecule has 1 heterocycles. The van der Waals surface area contributed by atoms with E-state index in [9.17, 15) is 4.79 Å². The van der Waals surface area contributed by atoms with E-state index < -0.39 is 0 Å². The Hall–Kier alpha value is -3.03. The Kier molecular flexibility index (Phi) is 6.51. The number of halogens is 1. The van der Waals surface area contributed by atoms with Gasteiger partial charge in [0, 0.05) is 22.5 Å². The molecule has 0 bridgehead atoms. The fraction of sp³-hybridized carbons (Fsp3) is 0.0870. The Morgan fingerprint density at radius 1 is 0.833 bits per heavy atom. The van der Waals surface area contributed by atoms with Gasteiger partial charge in [-0.15, -0.1) is 10.2 Å². The summed E-state index contributed by atoms with van der Waals surface area (Å²) in [6.07, 6.45) is 0. The number of nitrogens with one attached hydrogen (secondary N) is 2. The van der Waals surface area contributed by atoms with Gasteiger partial charge in [0.15, 0.2) is 0 Å². The minimum atomic E-state index is -0.211. The minimum Gasteiger partial charge on any atom is -0.359 e. The standard InChI is InChI=1S/C23H19BrN4OS/c24-19-13-11-18(12-14-19)21(29)26-23-28-27-22(30-23)25-15-20(16-7-3-1-4-8-16)17-9-5-2-6-10-17/h1-14,20H,15H2,(H,25,27)(H,26,28,29). The summed E-state index contributed by atoms with van der Waals surface area (Å²) in [7, 11) is 0. The molecule has 0 radical (unpaired) electrons. The second kappa shape index (κ2) is 9.65. The van der Waals surface area contributed by atoms with Crippen LogP contribution in [0.25, 0.3) is 0 Å². The number of carbonyl (C=O) groups excluding carboxylic acids is 1. The summed E-state index contributed by atoms with van der Waals surface area (Å²) >= 11 is 4.68. The van der Waals surface area contributed by atoms with E-state index in [2.05, 4.69) is 61.0 Å². The first-order chi connectivity index (χ1) is 14.7. The van der Waals surface area contributed by atoms with Crippen molar-refractivity contribution in [2.75, 3.05) is 17.2 Å². The molecule has 0 fully saturated rings. The van der Waals surface area contributed by atoms with Crippen molar-refractivity contribution in [2.45, 2.75) is 5.92 Å². The van der Waals surface area contributed by atoms with Gasteiger partial charge in [-0.2, -0.15) is 0 Å². The molecular formula is C23H19BrN4OS. The van der Waals surface area contributed by atoms with Gasteiger partial charge in [-0.3, -0.25) is 10.1 Å². The van der Waals surface area contributed by atoms with Crippen molar-refractivity contribution in [3.05, 3.63) is 106 Å². The summed E-state index contributed by atoms with van der Waals surface area (Å²) in [4.78, 5) is 12.4. The fourth-order valence-electron chi connectivity index (χ4n) is 3.10. The summed E-state index contributed by atoms with van der Waals surface area (Å²) in [6.45, 7) is 0.670. The molecule has 4 aromatic rings. The van der Waals surface area contributed by atoms with Gasteiger partial charge in [0.2, 0.25) is 10.3 Å². The molecule has 0 unspecified atom stereocenters. The molecule has 2 N–H and O–H groups in total. The van der Waals surface area contributed by atoms with Gasteiger partial charge in [0.05, 0.1) is 0 Å². The van der Waals surface area contributed by atoms with Crippen LogP contribution >= 0.6 is 27.3 Å². The number of nitrogens with zero attached hydrogens (tertiary/aromatic N) is 2. The smallest absolute Gasteiger partial charge is 0.257 e. The lowest BCUT2D eigenvalue weighted by molar-refractivity contribution is 0.102. The molecule has 1 aromatic heterocycles. The predicted octanol–water partition coefficient (Wildman–Crippen LogP) is 5.80. The summed E-state index contributed by atoms with van der Waals surface area (Å²) in [5.74, 6) is -0.0336. The molecule has 0 saturated heterocycles. The molecule has 4 rings (SSSR count). The third kappa shape index (κ3) is 5.11. The van der Waals surface area contributed by atoms with Crippen LogP contribution in [0.5, 0.6) is 0 Å². The van der Waals surface area contributed by atoms with E-state index in [0.29, 0.717) is 22.4 Å². The molecule has 0 aliphatic rings. The number of rotatable bonds is 7. The molecule has 5 nitrogen and oxygen atoms in total. The van der Waals surface area contributed by atoms with Gasteiger partial charge in [-0.1, -0.05) is 87.9 Å². The third-order valence-corrected chi connectivity index (χ3v) is 5.94. The molecule has 0 aliphatic carbocycles. The molecule has 0 atom stereocenters. The van der Waals surface area contributed by atoms with Crippen molar-refractivity contribution in [3.63, 3.8) is 0 Å². The lowest BCUT2D eigenvalue weighted by Gasteiger charge is -2.18. The molecule has 1 amide bonds. The molecule has 7 heteroatoms. The fourth-order valence-corrected chi connectivity index (χ4v) is 4.01. The van der Waals surface area contributed by atoms with E-state index in [0.717, 1.165) is 4.47 Å². The van der Waals surface area contributed by atoms with Crippen molar-refractivity contribution in [1.29, 1.82) is 0 Å². The van der Waals surface area contributed by atoms with Crippen LogP contribution in [-0.2, 0) is 0 Å². The highest BCUT2D eigenvalue weighted by Crippen LogP contribution is 2.27. The Morgan fingerprint density at radius 2 is 1.40 bits per heavy atom. The van der Waals surface area contributed by atoms with Crippen LogP contribution in [0, 0.1) is 0 Å². The summed E-state index contributed by atoms with van der Waals surface area (Å²) in [6, 6.07) is 27.9. The number of benzene rings is 3. The van der Waals surface area contributed by atoms with Gasteiger partial charge in [0.1, 0.15) is 0 Å². The van der Waals surface area contributed by atoms with E-state index in [1.54, 1.807) is 12.1 Å². The lowest BCUT2D eigenvalue weighted by Crippen LogP contribution is -2.14. The van der Waals surface area contributed by atoms with Crippen molar-refractivity contribution >= 4 is 43.4 Å². The monoisotopic (exact) mass is 478 g/mol. The van der Waals surface area contributed by atoms with E-state index >= 15 is 0 Å². The number of carbonyl (C=O) groups is 1. The second-order valence-corrected chi connectivity index (χ2v) is 8.52. The number of amides is 1. The maximum Gasteiger partial charge on any atom is 0.257 e. The Bertz CT molecular complexity index is 1060. The van der Waals surface area contributed by atoms with Crippen LogP contribution in [0.4, 0.5) is 10.3 Å². The highest BCUT2D eigenvalue weighted by atomic mass is 79.9. The van der Waals surface area contributed by atoms with Crippen LogP contribution in [0.15, 0.2) is 89.4 Å². The largest absolute Gasteiger partial charge is 0.359 e. The topological polar surface area (TPSA) is 66.9 Å². The maximum absolute atomic E-state index is 12.4. The zero-order chi connectivity index (χ0) is 20.8. The van der Waals surface area contributed by atoms with Gasteiger partial charge < -0.3 is 5.32 Å². The first-order valence-electron chi connectivity index (χ1n) is 9.43. The van der Waals surface area contributed by atoms with Crippen LogP contribution in [0.1, 0.15) is 27.4 Å². The molecular weight excluding hydrogens is 460 g/mol. The molecule has 150 valence electrons. The quantitative estimate of drug-likeness (QED) is 0.352. The van der Waals surface area contributed by atoms with Gasteiger partial charge >= 0.3 is 0 Å².